The summed E-state index contributed by atoms with van der Waals surface area (Å²) in [5, 5.41) is 4.05. The molecule has 1 heterocycles. The lowest BCUT2D eigenvalue weighted by molar-refractivity contribution is -0.109. The Labute approximate surface area is 93.4 Å². The molecular formula is C13H12OS. The van der Waals surface area contributed by atoms with Crippen LogP contribution in [-0.4, -0.2) is 6.29 Å². The van der Waals surface area contributed by atoms with Gasteiger partial charge in [-0.3, -0.25) is 0 Å². The highest BCUT2D eigenvalue weighted by atomic mass is 32.1. The topological polar surface area (TPSA) is 17.1 Å². The van der Waals surface area contributed by atoms with Crippen LogP contribution >= 0.6 is 11.3 Å². The van der Waals surface area contributed by atoms with E-state index in [0.717, 1.165) is 18.3 Å². The van der Waals surface area contributed by atoms with E-state index in [0.29, 0.717) is 0 Å². The van der Waals surface area contributed by atoms with Crippen molar-refractivity contribution < 1.29 is 4.79 Å². The maximum absolute atomic E-state index is 11.0. The highest BCUT2D eigenvalue weighted by Gasteiger charge is 2.11. The van der Waals surface area contributed by atoms with E-state index in [1.165, 1.54) is 5.56 Å². The van der Waals surface area contributed by atoms with Gasteiger partial charge in [0.2, 0.25) is 0 Å². The third kappa shape index (κ3) is 2.54. The summed E-state index contributed by atoms with van der Waals surface area (Å²) in [6.07, 6.45) is 1.83. The van der Waals surface area contributed by atoms with E-state index in [2.05, 4.69) is 12.1 Å². The van der Waals surface area contributed by atoms with E-state index in [1.807, 2.05) is 35.0 Å². The molecule has 15 heavy (non-hydrogen) atoms. The van der Waals surface area contributed by atoms with E-state index in [4.69, 9.17) is 0 Å². The van der Waals surface area contributed by atoms with E-state index < -0.39 is 0 Å². The molecule has 0 spiro atoms. The first-order valence-electron chi connectivity index (χ1n) is 4.91. The first-order chi connectivity index (χ1) is 7.40. The molecule has 2 rings (SSSR count). The number of carbonyl (C=O) groups is 1. The summed E-state index contributed by atoms with van der Waals surface area (Å²) < 4.78 is 0. The van der Waals surface area contributed by atoms with Crippen LogP contribution in [0.4, 0.5) is 0 Å². The molecule has 1 atom stereocenters. The van der Waals surface area contributed by atoms with Gasteiger partial charge in [-0.1, -0.05) is 30.3 Å². The minimum absolute atomic E-state index is 0.00125. The Morgan fingerprint density at radius 2 is 2.00 bits per heavy atom. The van der Waals surface area contributed by atoms with Crippen molar-refractivity contribution in [1.29, 1.82) is 0 Å². The van der Waals surface area contributed by atoms with Crippen LogP contribution in [0.5, 0.6) is 0 Å². The van der Waals surface area contributed by atoms with Gasteiger partial charge in [0.1, 0.15) is 6.29 Å². The zero-order valence-electron chi connectivity index (χ0n) is 8.30. The fourth-order valence-corrected chi connectivity index (χ4v) is 2.32. The standard InChI is InChI=1S/C13H12OS/c14-9-13(12-6-7-15-10-12)8-11-4-2-1-3-5-11/h1-7,9-10,13H,8H2. The number of rotatable bonds is 4. The largest absolute Gasteiger partial charge is 0.303 e. The van der Waals surface area contributed by atoms with Gasteiger partial charge in [0.15, 0.2) is 0 Å². The average molecular weight is 216 g/mol. The van der Waals surface area contributed by atoms with Crippen LogP contribution in [0.15, 0.2) is 47.2 Å². The summed E-state index contributed by atoms with van der Waals surface area (Å²) in [5.41, 5.74) is 2.33. The van der Waals surface area contributed by atoms with Crippen LogP contribution < -0.4 is 0 Å². The second-order valence-electron chi connectivity index (χ2n) is 3.49. The second-order valence-corrected chi connectivity index (χ2v) is 4.27. The Morgan fingerprint density at radius 3 is 2.60 bits per heavy atom. The first kappa shape index (κ1) is 10.1. The number of hydrogen-bond acceptors (Lipinski definition) is 2. The normalized spacial score (nSPS) is 12.3. The van der Waals surface area contributed by atoms with E-state index in [1.54, 1.807) is 11.3 Å². The summed E-state index contributed by atoms with van der Waals surface area (Å²) in [6, 6.07) is 12.1. The molecule has 0 bridgehead atoms. The lowest BCUT2D eigenvalue weighted by Gasteiger charge is -2.07. The Kier molecular flexibility index (Phi) is 3.30. The third-order valence-corrected chi connectivity index (χ3v) is 3.14. The lowest BCUT2D eigenvalue weighted by Crippen LogP contribution is -2.02. The molecule has 1 nitrogen and oxygen atoms in total. The minimum atomic E-state index is -0.00125. The predicted molar refractivity (Wildman–Crippen MR) is 63.3 cm³/mol. The van der Waals surface area contributed by atoms with Crippen LogP contribution in [0.2, 0.25) is 0 Å². The molecule has 0 saturated carbocycles. The van der Waals surface area contributed by atoms with Gasteiger partial charge >= 0.3 is 0 Å². The Bertz CT molecular complexity index is 405. The molecule has 1 aromatic heterocycles. The smallest absolute Gasteiger partial charge is 0.127 e. The maximum atomic E-state index is 11.0. The number of aldehydes is 1. The number of thiophene rings is 1. The summed E-state index contributed by atoms with van der Waals surface area (Å²) in [7, 11) is 0. The van der Waals surface area contributed by atoms with Gasteiger partial charge in [0.05, 0.1) is 0 Å². The van der Waals surface area contributed by atoms with E-state index in [-0.39, 0.29) is 5.92 Å². The van der Waals surface area contributed by atoms with Gasteiger partial charge in [0.25, 0.3) is 0 Å². The number of hydrogen-bond donors (Lipinski definition) is 0. The molecule has 76 valence electrons. The zero-order chi connectivity index (χ0) is 10.5. The van der Waals surface area contributed by atoms with Gasteiger partial charge in [0, 0.05) is 5.92 Å². The van der Waals surface area contributed by atoms with Crippen LogP contribution in [-0.2, 0) is 11.2 Å². The molecule has 0 N–H and O–H groups in total. The fourth-order valence-electron chi connectivity index (χ4n) is 1.60. The summed E-state index contributed by atoms with van der Waals surface area (Å²) in [4.78, 5) is 11.0. The summed E-state index contributed by atoms with van der Waals surface area (Å²) >= 11 is 1.63. The molecular weight excluding hydrogens is 204 g/mol. The van der Waals surface area contributed by atoms with Gasteiger partial charge in [-0.15, -0.1) is 0 Å². The molecule has 0 radical (unpaired) electrons. The molecule has 1 aromatic carbocycles. The lowest BCUT2D eigenvalue weighted by atomic mass is 9.95. The number of benzene rings is 1. The van der Waals surface area contributed by atoms with E-state index >= 15 is 0 Å². The molecule has 0 fully saturated rings. The predicted octanol–water partition coefficient (Wildman–Crippen LogP) is 3.27. The average Bonchev–Trinajstić information content (AvgIpc) is 2.81. The third-order valence-electron chi connectivity index (χ3n) is 2.43. The first-order valence-corrected chi connectivity index (χ1v) is 5.86. The van der Waals surface area contributed by atoms with Crippen molar-refractivity contribution in [2.45, 2.75) is 12.3 Å². The quantitative estimate of drug-likeness (QED) is 0.717. The Hall–Kier alpha value is -1.41. The molecule has 2 heteroatoms. The molecule has 1 unspecified atom stereocenters. The van der Waals surface area contributed by atoms with Crippen LogP contribution in [0.1, 0.15) is 17.0 Å². The molecule has 0 aliphatic heterocycles. The van der Waals surface area contributed by atoms with Crippen molar-refractivity contribution >= 4 is 17.6 Å². The van der Waals surface area contributed by atoms with Crippen molar-refractivity contribution in [3.63, 3.8) is 0 Å². The number of carbonyl (C=O) groups excluding carboxylic acids is 1. The van der Waals surface area contributed by atoms with Crippen molar-refractivity contribution in [1.82, 2.24) is 0 Å². The second kappa shape index (κ2) is 4.89. The van der Waals surface area contributed by atoms with Crippen molar-refractivity contribution in [3.05, 3.63) is 58.3 Å². The molecule has 0 saturated heterocycles. The zero-order valence-corrected chi connectivity index (χ0v) is 9.11. The van der Waals surface area contributed by atoms with Crippen molar-refractivity contribution in [2.24, 2.45) is 0 Å². The fraction of sp³-hybridized carbons (Fsp3) is 0.154. The molecule has 2 aromatic rings. The summed E-state index contributed by atoms with van der Waals surface area (Å²) in [5.74, 6) is -0.00125. The molecule has 0 aliphatic rings. The molecule has 0 amide bonds. The maximum Gasteiger partial charge on any atom is 0.127 e. The van der Waals surface area contributed by atoms with Gasteiger partial charge in [-0.2, -0.15) is 11.3 Å². The van der Waals surface area contributed by atoms with Crippen LogP contribution in [0.25, 0.3) is 0 Å². The highest BCUT2D eigenvalue weighted by molar-refractivity contribution is 7.08. The monoisotopic (exact) mass is 216 g/mol. The summed E-state index contributed by atoms with van der Waals surface area (Å²) in [6.45, 7) is 0. The van der Waals surface area contributed by atoms with E-state index in [9.17, 15) is 4.79 Å². The van der Waals surface area contributed by atoms with Gasteiger partial charge in [-0.25, -0.2) is 0 Å². The highest BCUT2D eigenvalue weighted by Crippen LogP contribution is 2.21. The van der Waals surface area contributed by atoms with Crippen LogP contribution in [0.3, 0.4) is 0 Å². The molecule has 0 aliphatic carbocycles. The van der Waals surface area contributed by atoms with Gasteiger partial charge in [-0.05, 0) is 34.4 Å². The Morgan fingerprint density at radius 1 is 1.20 bits per heavy atom. The Balaban J connectivity index is 2.13. The van der Waals surface area contributed by atoms with Crippen LogP contribution in [0, 0.1) is 0 Å². The van der Waals surface area contributed by atoms with Crippen molar-refractivity contribution in [3.8, 4) is 0 Å². The SMILES string of the molecule is O=CC(Cc1ccccc1)c1ccsc1. The van der Waals surface area contributed by atoms with Gasteiger partial charge < -0.3 is 4.79 Å². The minimum Gasteiger partial charge on any atom is -0.303 e. The van der Waals surface area contributed by atoms with Crippen molar-refractivity contribution in [2.75, 3.05) is 0 Å².